The Bertz CT molecular complexity index is 893. The Balaban J connectivity index is 1.53. The molecule has 0 radical (unpaired) electrons. The van der Waals surface area contributed by atoms with E-state index in [0.717, 1.165) is 18.8 Å². The molecule has 1 heterocycles. The minimum absolute atomic E-state index is 0.422. The SMILES string of the molecule is CC(OC(=O)C(C)(C)Oc1ccc(Cl)cc1)C(=O)Nc1ccc(N2CCOCC2)cc1. The number of ether oxygens (including phenoxy) is 3. The van der Waals surface area contributed by atoms with Gasteiger partial charge in [0, 0.05) is 29.5 Å². The molecule has 1 saturated heterocycles. The zero-order valence-electron chi connectivity index (χ0n) is 17.9. The second-order valence-corrected chi connectivity index (χ2v) is 8.19. The highest BCUT2D eigenvalue weighted by atomic mass is 35.5. The van der Waals surface area contributed by atoms with Gasteiger partial charge in [0.05, 0.1) is 13.2 Å². The Morgan fingerprint density at radius 1 is 1.06 bits per heavy atom. The summed E-state index contributed by atoms with van der Waals surface area (Å²) in [7, 11) is 0. The van der Waals surface area contributed by atoms with Crippen molar-refractivity contribution in [3.05, 3.63) is 53.6 Å². The molecule has 2 aromatic carbocycles. The molecule has 1 fully saturated rings. The Hall–Kier alpha value is -2.77. The number of rotatable bonds is 7. The molecule has 2 aromatic rings. The van der Waals surface area contributed by atoms with Gasteiger partial charge in [0.2, 0.25) is 0 Å². The van der Waals surface area contributed by atoms with E-state index in [1.807, 2.05) is 24.3 Å². The second kappa shape index (κ2) is 10.0. The minimum atomic E-state index is -1.28. The third kappa shape index (κ3) is 6.35. The monoisotopic (exact) mass is 446 g/mol. The van der Waals surface area contributed by atoms with Crippen LogP contribution in [0, 0.1) is 0 Å². The van der Waals surface area contributed by atoms with E-state index >= 15 is 0 Å². The van der Waals surface area contributed by atoms with Gasteiger partial charge in [0.1, 0.15) is 5.75 Å². The molecule has 1 atom stereocenters. The molecule has 7 nitrogen and oxygen atoms in total. The Kier molecular flexibility index (Phi) is 7.41. The lowest BCUT2D eigenvalue weighted by Gasteiger charge is -2.29. The van der Waals surface area contributed by atoms with Crippen molar-refractivity contribution in [2.45, 2.75) is 32.5 Å². The number of hydrogen-bond acceptors (Lipinski definition) is 6. The number of carbonyl (C=O) groups excluding carboxylic acids is 2. The lowest BCUT2D eigenvalue weighted by Crippen LogP contribution is -2.43. The predicted octanol–water partition coefficient (Wildman–Crippen LogP) is 3.90. The molecule has 1 N–H and O–H groups in total. The maximum Gasteiger partial charge on any atom is 0.350 e. The fourth-order valence-electron chi connectivity index (χ4n) is 3.02. The fourth-order valence-corrected chi connectivity index (χ4v) is 3.14. The van der Waals surface area contributed by atoms with Crippen LogP contribution in [0.2, 0.25) is 5.02 Å². The number of morpholine rings is 1. The van der Waals surface area contributed by atoms with Crippen LogP contribution in [-0.4, -0.2) is 49.9 Å². The van der Waals surface area contributed by atoms with Crippen LogP contribution < -0.4 is 15.0 Å². The normalized spacial score (nSPS) is 15.2. The van der Waals surface area contributed by atoms with Crippen LogP contribution in [0.1, 0.15) is 20.8 Å². The highest BCUT2D eigenvalue weighted by Gasteiger charge is 2.34. The Morgan fingerprint density at radius 3 is 2.29 bits per heavy atom. The summed E-state index contributed by atoms with van der Waals surface area (Å²) in [5.41, 5.74) is 0.422. The molecule has 1 unspecified atom stereocenters. The number of carbonyl (C=O) groups is 2. The summed E-state index contributed by atoms with van der Waals surface area (Å²) in [6, 6.07) is 14.2. The second-order valence-electron chi connectivity index (χ2n) is 7.75. The first-order valence-electron chi connectivity index (χ1n) is 10.1. The number of benzene rings is 2. The summed E-state index contributed by atoms with van der Waals surface area (Å²) in [5.74, 6) is -0.591. The molecule has 31 heavy (non-hydrogen) atoms. The van der Waals surface area contributed by atoms with Crippen molar-refractivity contribution in [3.8, 4) is 5.75 Å². The van der Waals surface area contributed by atoms with Crippen LogP contribution in [0.3, 0.4) is 0 Å². The summed E-state index contributed by atoms with van der Waals surface area (Å²) >= 11 is 5.86. The first-order chi connectivity index (χ1) is 14.7. The number of anilines is 2. The molecule has 1 amide bonds. The van der Waals surface area contributed by atoms with Gasteiger partial charge in [0.15, 0.2) is 11.7 Å². The van der Waals surface area contributed by atoms with Gasteiger partial charge < -0.3 is 24.4 Å². The Labute approximate surface area is 187 Å². The smallest absolute Gasteiger partial charge is 0.350 e. The van der Waals surface area contributed by atoms with E-state index < -0.39 is 23.6 Å². The quantitative estimate of drug-likeness (QED) is 0.650. The van der Waals surface area contributed by atoms with E-state index in [2.05, 4.69) is 10.2 Å². The van der Waals surface area contributed by atoms with E-state index in [4.69, 9.17) is 25.8 Å². The summed E-state index contributed by atoms with van der Waals surface area (Å²) in [6.45, 7) is 7.78. The average molecular weight is 447 g/mol. The highest BCUT2D eigenvalue weighted by molar-refractivity contribution is 6.30. The molecule has 0 aromatic heterocycles. The van der Waals surface area contributed by atoms with Crippen LogP contribution in [0.4, 0.5) is 11.4 Å². The summed E-state index contributed by atoms with van der Waals surface area (Å²) in [6.07, 6.45) is -0.987. The van der Waals surface area contributed by atoms with Gasteiger partial charge in [-0.3, -0.25) is 4.79 Å². The third-order valence-electron chi connectivity index (χ3n) is 4.84. The lowest BCUT2D eigenvalue weighted by atomic mass is 10.1. The predicted molar refractivity (Wildman–Crippen MR) is 120 cm³/mol. The lowest BCUT2D eigenvalue weighted by molar-refractivity contribution is -0.166. The number of nitrogens with one attached hydrogen (secondary N) is 1. The van der Waals surface area contributed by atoms with Crippen molar-refractivity contribution >= 4 is 34.9 Å². The van der Waals surface area contributed by atoms with Crippen LogP contribution in [0.5, 0.6) is 5.75 Å². The van der Waals surface area contributed by atoms with Crippen LogP contribution >= 0.6 is 11.6 Å². The highest BCUT2D eigenvalue weighted by Crippen LogP contribution is 2.23. The van der Waals surface area contributed by atoms with E-state index in [1.54, 1.807) is 38.1 Å². The van der Waals surface area contributed by atoms with Crippen LogP contribution in [0.15, 0.2) is 48.5 Å². The van der Waals surface area contributed by atoms with E-state index in [1.165, 1.54) is 6.92 Å². The molecule has 0 aliphatic carbocycles. The van der Waals surface area contributed by atoms with Crippen molar-refractivity contribution in [1.29, 1.82) is 0 Å². The maximum atomic E-state index is 12.6. The number of amides is 1. The number of nitrogens with zero attached hydrogens (tertiary/aromatic N) is 1. The molecule has 1 aliphatic rings. The van der Waals surface area contributed by atoms with Crippen molar-refractivity contribution in [2.75, 3.05) is 36.5 Å². The average Bonchev–Trinajstić information content (AvgIpc) is 2.76. The number of hydrogen-bond donors (Lipinski definition) is 1. The van der Waals surface area contributed by atoms with Gasteiger partial charge in [0.25, 0.3) is 5.91 Å². The molecule has 0 saturated carbocycles. The van der Waals surface area contributed by atoms with Gasteiger partial charge >= 0.3 is 5.97 Å². The van der Waals surface area contributed by atoms with Crippen LogP contribution in [0.25, 0.3) is 0 Å². The molecule has 3 rings (SSSR count). The van der Waals surface area contributed by atoms with Crippen molar-refractivity contribution in [1.82, 2.24) is 0 Å². The molecule has 166 valence electrons. The standard InChI is InChI=1S/C23H27ClN2O5/c1-16(30-22(28)23(2,3)31-20-10-4-17(24)5-11-20)21(27)25-18-6-8-19(9-7-18)26-12-14-29-15-13-26/h4-11,16H,12-15H2,1-3H3,(H,25,27). The first-order valence-corrected chi connectivity index (χ1v) is 10.5. The molecule has 0 spiro atoms. The van der Waals surface area contributed by atoms with E-state index in [-0.39, 0.29) is 0 Å². The van der Waals surface area contributed by atoms with E-state index in [0.29, 0.717) is 29.7 Å². The summed E-state index contributed by atoms with van der Waals surface area (Å²) in [4.78, 5) is 27.3. The zero-order chi connectivity index (χ0) is 22.4. The topological polar surface area (TPSA) is 77.1 Å². The zero-order valence-corrected chi connectivity index (χ0v) is 18.6. The van der Waals surface area contributed by atoms with Gasteiger partial charge in [-0.25, -0.2) is 4.79 Å². The van der Waals surface area contributed by atoms with Crippen molar-refractivity contribution in [3.63, 3.8) is 0 Å². The number of halogens is 1. The van der Waals surface area contributed by atoms with Crippen molar-refractivity contribution in [2.24, 2.45) is 0 Å². The summed E-state index contributed by atoms with van der Waals surface area (Å²) in [5, 5.41) is 3.34. The van der Waals surface area contributed by atoms with Crippen LogP contribution in [-0.2, 0) is 19.1 Å². The summed E-state index contributed by atoms with van der Waals surface area (Å²) < 4.78 is 16.4. The molecular weight excluding hydrogens is 420 g/mol. The van der Waals surface area contributed by atoms with Gasteiger partial charge in [-0.1, -0.05) is 11.6 Å². The van der Waals surface area contributed by atoms with E-state index in [9.17, 15) is 9.59 Å². The third-order valence-corrected chi connectivity index (χ3v) is 5.09. The largest absolute Gasteiger partial charge is 0.476 e. The van der Waals surface area contributed by atoms with Gasteiger partial charge in [-0.2, -0.15) is 0 Å². The maximum absolute atomic E-state index is 12.6. The molecule has 0 bridgehead atoms. The first kappa shape index (κ1) is 22.9. The molecule has 1 aliphatic heterocycles. The molecule has 8 heteroatoms. The van der Waals surface area contributed by atoms with Crippen molar-refractivity contribution < 1.29 is 23.8 Å². The molecular formula is C23H27ClN2O5. The van der Waals surface area contributed by atoms with Gasteiger partial charge in [-0.05, 0) is 69.3 Å². The van der Waals surface area contributed by atoms with Gasteiger partial charge in [-0.15, -0.1) is 0 Å². The fraction of sp³-hybridized carbons (Fsp3) is 0.391. The number of esters is 1. The Morgan fingerprint density at radius 2 is 1.68 bits per heavy atom. The minimum Gasteiger partial charge on any atom is -0.476 e.